The monoisotopic (exact) mass is 208 g/mol. The Bertz CT molecular complexity index is 217. The van der Waals surface area contributed by atoms with Crippen LogP contribution in [-0.2, 0) is 0 Å². The van der Waals surface area contributed by atoms with Gasteiger partial charge in [0.25, 0.3) is 0 Å². The lowest BCUT2D eigenvalue weighted by Crippen LogP contribution is -2.39. The molecule has 1 atom stereocenters. The van der Waals surface area contributed by atoms with Crippen LogP contribution in [-0.4, -0.2) is 30.7 Å². The van der Waals surface area contributed by atoms with Gasteiger partial charge in [-0.05, 0) is 33.9 Å². The zero-order chi connectivity index (χ0) is 11.4. The number of nitrogens with zero attached hydrogens (tertiary/aromatic N) is 2. The summed E-state index contributed by atoms with van der Waals surface area (Å²) in [5, 5.41) is 8.81. The molecule has 0 radical (unpaired) electrons. The van der Waals surface area contributed by atoms with Gasteiger partial charge in [0.1, 0.15) is 5.54 Å². The molecule has 0 aliphatic carbocycles. The summed E-state index contributed by atoms with van der Waals surface area (Å²) in [6.07, 6.45) is -4.72. The van der Waals surface area contributed by atoms with Crippen molar-refractivity contribution in [3.8, 4) is 6.07 Å². The van der Waals surface area contributed by atoms with Gasteiger partial charge in [-0.25, -0.2) is 0 Å². The summed E-state index contributed by atoms with van der Waals surface area (Å²) in [7, 11) is 3.38. The largest absolute Gasteiger partial charge is 0.389 e. The van der Waals surface area contributed by atoms with E-state index in [1.165, 1.54) is 0 Å². The van der Waals surface area contributed by atoms with E-state index in [9.17, 15) is 13.2 Å². The highest BCUT2D eigenvalue weighted by molar-refractivity contribution is 5.03. The molecule has 0 N–H and O–H groups in total. The van der Waals surface area contributed by atoms with Crippen LogP contribution >= 0.6 is 0 Å². The molecule has 0 aromatic rings. The molecule has 0 saturated heterocycles. The van der Waals surface area contributed by atoms with Crippen LogP contribution in [0.15, 0.2) is 0 Å². The van der Waals surface area contributed by atoms with Gasteiger partial charge in [0.05, 0.1) is 6.07 Å². The van der Waals surface area contributed by atoms with Crippen LogP contribution in [0.1, 0.15) is 26.2 Å². The highest BCUT2D eigenvalue weighted by Crippen LogP contribution is 2.26. The van der Waals surface area contributed by atoms with Crippen molar-refractivity contribution < 1.29 is 13.2 Å². The van der Waals surface area contributed by atoms with Crippen LogP contribution in [0, 0.1) is 11.3 Å². The van der Waals surface area contributed by atoms with Crippen molar-refractivity contribution in [2.24, 2.45) is 0 Å². The first-order valence-corrected chi connectivity index (χ1v) is 4.37. The quantitative estimate of drug-likeness (QED) is 0.710. The summed E-state index contributed by atoms with van der Waals surface area (Å²) in [6.45, 7) is 1.64. The molecule has 0 aromatic carbocycles. The average molecular weight is 208 g/mol. The van der Waals surface area contributed by atoms with Crippen molar-refractivity contribution >= 4 is 0 Å². The zero-order valence-corrected chi connectivity index (χ0v) is 8.65. The second-order valence-corrected chi connectivity index (χ2v) is 3.75. The van der Waals surface area contributed by atoms with Crippen LogP contribution < -0.4 is 0 Å². The fraction of sp³-hybridized carbons (Fsp3) is 0.889. The Morgan fingerprint density at radius 2 is 1.71 bits per heavy atom. The van der Waals surface area contributed by atoms with Crippen molar-refractivity contribution in [1.82, 2.24) is 4.90 Å². The van der Waals surface area contributed by atoms with Crippen molar-refractivity contribution in [2.75, 3.05) is 14.1 Å². The molecule has 0 spiro atoms. The minimum Gasteiger partial charge on any atom is -0.292 e. The summed E-state index contributed by atoms with van der Waals surface area (Å²) in [5.74, 6) is 0. The van der Waals surface area contributed by atoms with E-state index >= 15 is 0 Å². The minimum absolute atomic E-state index is 0.00819. The lowest BCUT2D eigenvalue weighted by Gasteiger charge is -2.29. The summed E-state index contributed by atoms with van der Waals surface area (Å²) < 4.78 is 35.5. The summed E-state index contributed by atoms with van der Waals surface area (Å²) in [4.78, 5) is 1.64. The number of hydrogen-bond acceptors (Lipinski definition) is 2. The van der Waals surface area contributed by atoms with Crippen molar-refractivity contribution in [3.63, 3.8) is 0 Å². The molecular weight excluding hydrogens is 193 g/mol. The molecule has 0 bridgehead atoms. The van der Waals surface area contributed by atoms with E-state index in [0.29, 0.717) is 0 Å². The van der Waals surface area contributed by atoms with E-state index in [1.807, 2.05) is 6.07 Å². The van der Waals surface area contributed by atoms with Crippen molar-refractivity contribution in [2.45, 2.75) is 37.9 Å². The van der Waals surface area contributed by atoms with Crippen molar-refractivity contribution in [3.05, 3.63) is 0 Å². The highest BCUT2D eigenvalue weighted by atomic mass is 19.4. The van der Waals surface area contributed by atoms with Crippen LogP contribution in [0.4, 0.5) is 13.2 Å². The lowest BCUT2D eigenvalue weighted by molar-refractivity contribution is -0.136. The van der Waals surface area contributed by atoms with E-state index in [0.717, 1.165) is 0 Å². The number of alkyl halides is 3. The zero-order valence-electron chi connectivity index (χ0n) is 8.65. The number of rotatable bonds is 4. The summed E-state index contributed by atoms with van der Waals surface area (Å²) >= 11 is 0. The standard InChI is InChI=1S/C9H15F3N2/c1-8(7-13,14(2)3)5-4-6-9(10,11)12/h4-6H2,1-3H3. The fourth-order valence-electron chi connectivity index (χ4n) is 1.01. The van der Waals surface area contributed by atoms with Gasteiger partial charge in [-0.1, -0.05) is 0 Å². The SMILES string of the molecule is CN(C)C(C)(C#N)CCCC(F)(F)F. The molecule has 0 aromatic heterocycles. The molecular formula is C9H15F3N2. The fourth-order valence-corrected chi connectivity index (χ4v) is 1.01. The number of nitriles is 1. The van der Waals surface area contributed by atoms with Crippen LogP contribution in [0.3, 0.4) is 0 Å². The van der Waals surface area contributed by atoms with E-state index < -0.39 is 18.1 Å². The Hall–Kier alpha value is -0.760. The minimum atomic E-state index is -4.12. The van der Waals surface area contributed by atoms with Gasteiger partial charge in [-0.15, -0.1) is 0 Å². The van der Waals surface area contributed by atoms with Crippen molar-refractivity contribution in [1.29, 1.82) is 5.26 Å². The maximum absolute atomic E-state index is 11.8. The molecule has 2 nitrogen and oxygen atoms in total. The Morgan fingerprint density at radius 3 is 2.00 bits per heavy atom. The Kier molecular flexibility index (Phi) is 4.40. The third-order valence-electron chi connectivity index (χ3n) is 2.35. The number of hydrogen-bond donors (Lipinski definition) is 0. The second-order valence-electron chi connectivity index (χ2n) is 3.75. The lowest BCUT2D eigenvalue weighted by atomic mass is 9.95. The first-order valence-electron chi connectivity index (χ1n) is 4.37. The smallest absolute Gasteiger partial charge is 0.292 e. The Balaban J connectivity index is 4.06. The Morgan fingerprint density at radius 1 is 1.21 bits per heavy atom. The highest BCUT2D eigenvalue weighted by Gasteiger charge is 2.31. The molecule has 0 saturated carbocycles. The second kappa shape index (κ2) is 4.65. The Labute approximate surface area is 82.3 Å². The third-order valence-corrected chi connectivity index (χ3v) is 2.35. The van der Waals surface area contributed by atoms with E-state index in [2.05, 4.69) is 0 Å². The topological polar surface area (TPSA) is 27.0 Å². The molecule has 82 valence electrons. The predicted octanol–water partition coefficient (Wildman–Crippen LogP) is 2.56. The predicted molar refractivity (Wildman–Crippen MR) is 47.6 cm³/mol. The van der Waals surface area contributed by atoms with Crippen LogP contribution in [0.25, 0.3) is 0 Å². The maximum Gasteiger partial charge on any atom is 0.389 e. The molecule has 0 heterocycles. The van der Waals surface area contributed by atoms with Crippen LogP contribution in [0.5, 0.6) is 0 Å². The average Bonchev–Trinajstić information content (AvgIpc) is 2.01. The van der Waals surface area contributed by atoms with Crippen LogP contribution in [0.2, 0.25) is 0 Å². The molecule has 0 aliphatic rings. The van der Waals surface area contributed by atoms with Gasteiger partial charge < -0.3 is 0 Å². The molecule has 0 rings (SSSR count). The molecule has 0 fully saturated rings. The molecule has 5 heteroatoms. The molecule has 0 amide bonds. The van der Waals surface area contributed by atoms with E-state index in [4.69, 9.17) is 5.26 Å². The van der Waals surface area contributed by atoms with Gasteiger partial charge in [0.15, 0.2) is 0 Å². The van der Waals surface area contributed by atoms with Gasteiger partial charge in [-0.3, -0.25) is 4.90 Å². The number of halogens is 3. The molecule has 0 aliphatic heterocycles. The van der Waals surface area contributed by atoms with E-state index in [-0.39, 0.29) is 12.8 Å². The first kappa shape index (κ1) is 13.2. The van der Waals surface area contributed by atoms with Gasteiger partial charge >= 0.3 is 6.18 Å². The van der Waals surface area contributed by atoms with Gasteiger partial charge in [-0.2, -0.15) is 18.4 Å². The van der Waals surface area contributed by atoms with Gasteiger partial charge in [0, 0.05) is 6.42 Å². The first-order chi connectivity index (χ1) is 6.21. The molecule has 14 heavy (non-hydrogen) atoms. The van der Waals surface area contributed by atoms with E-state index in [1.54, 1.807) is 25.9 Å². The third kappa shape index (κ3) is 4.47. The summed E-state index contributed by atoms with van der Waals surface area (Å²) in [6, 6.07) is 2.02. The summed E-state index contributed by atoms with van der Waals surface area (Å²) in [5.41, 5.74) is -0.800. The van der Waals surface area contributed by atoms with Gasteiger partial charge in [0.2, 0.25) is 0 Å². The normalized spacial score (nSPS) is 16.4. The molecule has 1 unspecified atom stereocenters. The maximum atomic E-state index is 11.8.